The Balaban J connectivity index is 2.46. The summed E-state index contributed by atoms with van der Waals surface area (Å²) in [6, 6.07) is 0. The number of amides is 1. The lowest BCUT2D eigenvalue weighted by Crippen LogP contribution is -2.62. The zero-order valence-corrected chi connectivity index (χ0v) is 20.8. The molecular formula is C23H43NO13. The highest BCUT2D eigenvalue weighted by Crippen LogP contribution is 2.25. The van der Waals surface area contributed by atoms with Crippen molar-refractivity contribution in [2.75, 3.05) is 19.8 Å². The van der Waals surface area contributed by atoms with E-state index in [1.165, 1.54) is 0 Å². The lowest BCUT2D eigenvalue weighted by molar-refractivity contribution is -0.326. The summed E-state index contributed by atoms with van der Waals surface area (Å²) in [4.78, 5) is 22.7. The fourth-order valence-corrected chi connectivity index (χ4v) is 3.95. The number of nitrogens with one attached hydrogen (secondary N) is 1. The number of ether oxygens (including phenoxy) is 2. The van der Waals surface area contributed by atoms with Gasteiger partial charge in [0.1, 0.15) is 42.7 Å². The smallest absolute Gasteiger partial charge is 0.303 e. The van der Waals surface area contributed by atoms with E-state index in [2.05, 4.69) is 5.32 Å². The average molecular weight is 542 g/mol. The molecule has 0 aromatic heterocycles. The van der Waals surface area contributed by atoms with Crippen molar-refractivity contribution in [1.29, 1.82) is 0 Å². The molecule has 0 aliphatic carbocycles. The number of carboxylic acids is 1. The standard InChI is InChI=1S/C23H43NO13/c25-11-13(27)21(37-23-20(34)17(31)16(30)14(12-26)36-23)18(32)19(33)22(35)24-10-8-6-4-2-1-3-5-7-9-15(28)29/h13-14,16-21,23,25-27,30-34H,1-12H2,(H,24,35)(H,28,29)/t13-,14-,16+,17+,18-,19-,20-,21-,23+/m1/s1. The highest BCUT2D eigenvalue weighted by atomic mass is 16.7. The lowest BCUT2D eigenvalue weighted by Gasteiger charge is -2.42. The summed E-state index contributed by atoms with van der Waals surface area (Å²) >= 11 is 0. The van der Waals surface area contributed by atoms with Crippen molar-refractivity contribution >= 4 is 11.9 Å². The summed E-state index contributed by atoms with van der Waals surface area (Å²) in [5.74, 6) is -1.75. The second-order valence-corrected chi connectivity index (χ2v) is 9.25. The van der Waals surface area contributed by atoms with E-state index in [1.807, 2.05) is 0 Å². The zero-order valence-electron chi connectivity index (χ0n) is 20.8. The molecule has 37 heavy (non-hydrogen) atoms. The number of carbonyl (C=O) groups excluding carboxylic acids is 1. The van der Waals surface area contributed by atoms with Crippen LogP contribution in [0.4, 0.5) is 0 Å². The summed E-state index contributed by atoms with van der Waals surface area (Å²) in [5, 5.41) is 90.2. The van der Waals surface area contributed by atoms with Gasteiger partial charge in [-0.3, -0.25) is 9.59 Å². The predicted molar refractivity (Wildman–Crippen MR) is 126 cm³/mol. The van der Waals surface area contributed by atoms with Gasteiger partial charge in [0.15, 0.2) is 12.4 Å². The van der Waals surface area contributed by atoms with Crippen molar-refractivity contribution in [3.05, 3.63) is 0 Å². The topological polar surface area (TPSA) is 247 Å². The van der Waals surface area contributed by atoms with E-state index in [-0.39, 0.29) is 13.0 Å². The molecule has 1 amide bonds. The van der Waals surface area contributed by atoms with Gasteiger partial charge in [0, 0.05) is 13.0 Å². The van der Waals surface area contributed by atoms with Gasteiger partial charge in [0.05, 0.1) is 13.2 Å². The van der Waals surface area contributed by atoms with Gasteiger partial charge in [-0.05, 0) is 12.8 Å². The number of hydrogen-bond acceptors (Lipinski definition) is 12. The first kappa shape index (κ1) is 33.6. The maximum Gasteiger partial charge on any atom is 0.303 e. The minimum atomic E-state index is -2.08. The monoisotopic (exact) mass is 541 g/mol. The van der Waals surface area contributed by atoms with Crippen LogP contribution in [-0.4, -0.2) is 133 Å². The molecule has 1 heterocycles. The van der Waals surface area contributed by atoms with E-state index in [9.17, 15) is 50.4 Å². The Bertz CT molecular complexity index is 652. The van der Waals surface area contributed by atoms with Crippen molar-refractivity contribution in [2.45, 2.75) is 113 Å². The van der Waals surface area contributed by atoms with E-state index < -0.39 is 80.2 Å². The summed E-state index contributed by atoms with van der Waals surface area (Å²) < 4.78 is 10.4. The maximum absolute atomic E-state index is 12.3. The minimum absolute atomic E-state index is 0.180. The maximum atomic E-state index is 12.3. The third kappa shape index (κ3) is 11.4. The number of unbranched alkanes of at least 4 members (excludes halogenated alkanes) is 7. The number of aliphatic hydroxyl groups excluding tert-OH is 8. The Morgan fingerprint density at radius 1 is 0.838 bits per heavy atom. The summed E-state index contributed by atoms with van der Waals surface area (Å²) in [6.07, 6.45) is -9.32. The van der Waals surface area contributed by atoms with Crippen LogP contribution < -0.4 is 5.32 Å². The Morgan fingerprint density at radius 2 is 1.41 bits per heavy atom. The first-order valence-electron chi connectivity index (χ1n) is 12.7. The van der Waals surface area contributed by atoms with Crippen molar-refractivity contribution < 1.29 is 65.0 Å². The normalized spacial score (nSPS) is 27.3. The van der Waals surface area contributed by atoms with Crippen LogP contribution in [0.5, 0.6) is 0 Å². The third-order valence-electron chi connectivity index (χ3n) is 6.25. The van der Waals surface area contributed by atoms with Gasteiger partial charge in [0.2, 0.25) is 0 Å². The fraction of sp³-hybridized carbons (Fsp3) is 0.913. The minimum Gasteiger partial charge on any atom is -0.481 e. The number of carboxylic acid groups (broad SMARTS) is 1. The quantitative estimate of drug-likeness (QED) is 0.0731. The molecule has 0 spiro atoms. The molecule has 218 valence electrons. The summed E-state index contributed by atoms with van der Waals surface area (Å²) in [6.45, 7) is -1.49. The van der Waals surface area contributed by atoms with Crippen LogP contribution in [0.3, 0.4) is 0 Å². The van der Waals surface area contributed by atoms with Crippen molar-refractivity contribution in [1.82, 2.24) is 5.32 Å². The van der Waals surface area contributed by atoms with Crippen LogP contribution in [0.1, 0.15) is 57.8 Å². The number of carbonyl (C=O) groups is 2. The number of hydrogen-bond donors (Lipinski definition) is 10. The van der Waals surface area contributed by atoms with Crippen LogP contribution in [0, 0.1) is 0 Å². The van der Waals surface area contributed by atoms with E-state index in [0.717, 1.165) is 38.5 Å². The molecule has 0 aromatic rings. The first-order chi connectivity index (χ1) is 17.5. The van der Waals surface area contributed by atoms with Gasteiger partial charge in [-0.25, -0.2) is 0 Å². The largest absolute Gasteiger partial charge is 0.481 e. The van der Waals surface area contributed by atoms with Gasteiger partial charge >= 0.3 is 5.97 Å². The summed E-state index contributed by atoms with van der Waals surface area (Å²) in [5.41, 5.74) is 0. The van der Waals surface area contributed by atoms with Gasteiger partial charge in [-0.2, -0.15) is 0 Å². The number of aliphatic hydroxyl groups is 8. The Morgan fingerprint density at radius 3 is 1.95 bits per heavy atom. The molecule has 9 atom stereocenters. The molecule has 0 unspecified atom stereocenters. The number of rotatable bonds is 19. The molecule has 1 aliphatic heterocycles. The molecule has 1 rings (SSSR count). The lowest BCUT2D eigenvalue weighted by atomic mass is 9.98. The van der Waals surface area contributed by atoms with Gasteiger partial charge in [-0.15, -0.1) is 0 Å². The molecule has 0 radical (unpaired) electrons. The molecule has 1 fully saturated rings. The highest BCUT2D eigenvalue weighted by Gasteiger charge is 2.47. The van der Waals surface area contributed by atoms with Crippen LogP contribution >= 0.6 is 0 Å². The third-order valence-corrected chi connectivity index (χ3v) is 6.25. The molecular weight excluding hydrogens is 498 g/mol. The van der Waals surface area contributed by atoms with E-state index in [1.54, 1.807) is 0 Å². The van der Waals surface area contributed by atoms with Crippen molar-refractivity contribution in [3.8, 4) is 0 Å². The van der Waals surface area contributed by atoms with Crippen LogP contribution in [0.2, 0.25) is 0 Å². The van der Waals surface area contributed by atoms with Crippen LogP contribution in [0.25, 0.3) is 0 Å². The SMILES string of the molecule is O=C(O)CCCCCCCCCCNC(=O)[C@H](O)[C@@H](O)[C@H](O[C@@H]1O[C@H](CO)[C@H](O)[C@H](O)[C@H]1O)[C@H](O)CO. The first-order valence-corrected chi connectivity index (χ1v) is 12.7. The van der Waals surface area contributed by atoms with Gasteiger partial charge < -0.3 is 60.7 Å². The summed E-state index contributed by atoms with van der Waals surface area (Å²) in [7, 11) is 0. The molecule has 1 aliphatic rings. The fourth-order valence-electron chi connectivity index (χ4n) is 3.95. The molecule has 0 saturated carbocycles. The van der Waals surface area contributed by atoms with Crippen molar-refractivity contribution in [3.63, 3.8) is 0 Å². The van der Waals surface area contributed by atoms with Crippen molar-refractivity contribution in [2.24, 2.45) is 0 Å². The predicted octanol–water partition coefficient (Wildman–Crippen LogP) is -3.04. The van der Waals surface area contributed by atoms with Crippen LogP contribution in [0.15, 0.2) is 0 Å². The molecule has 10 N–H and O–H groups in total. The molecule has 0 bridgehead atoms. The van der Waals surface area contributed by atoms with E-state index in [4.69, 9.17) is 14.6 Å². The Hall–Kier alpha value is -1.46. The number of aliphatic carboxylic acids is 1. The molecule has 0 aromatic carbocycles. The zero-order chi connectivity index (χ0) is 28.0. The van der Waals surface area contributed by atoms with Gasteiger partial charge in [0.25, 0.3) is 5.91 Å². The highest BCUT2D eigenvalue weighted by molar-refractivity contribution is 5.81. The molecule has 14 nitrogen and oxygen atoms in total. The average Bonchev–Trinajstić information content (AvgIpc) is 2.88. The van der Waals surface area contributed by atoms with Crippen LogP contribution in [-0.2, 0) is 19.1 Å². The van der Waals surface area contributed by atoms with Gasteiger partial charge in [-0.1, -0.05) is 38.5 Å². The van der Waals surface area contributed by atoms with E-state index >= 15 is 0 Å². The van der Waals surface area contributed by atoms with E-state index in [0.29, 0.717) is 12.8 Å². The second-order valence-electron chi connectivity index (χ2n) is 9.25. The Labute approximate surface area is 215 Å². The Kier molecular flexibility index (Phi) is 16.3. The molecule has 14 heteroatoms. The molecule has 1 saturated heterocycles. The second kappa shape index (κ2) is 17.9.